The Balaban J connectivity index is 0.00000341. The number of amides is 1. The van der Waals surface area contributed by atoms with Gasteiger partial charge in [-0.25, -0.2) is 0 Å². The van der Waals surface area contributed by atoms with Crippen molar-refractivity contribution in [1.29, 1.82) is 0 Å². The van der Waals surface area contributed by atoms with Crippen LogP contribution in [0.25, 0.3) is 0 Å². The molecule has 0 spiro atoms. The molecule has 0 unspecified atom stereocenters. The molecular weight excluding hydrogens is 529 g/mol. The molecule has 1 N–H and O–H groups in total. The molecular formula is C22H35ClIN5O2. The van der Waals surface area contributed by atoms with Crippen LogP contribution in [0, 0.1) is 0 Å². The molecule has 1 amide bonds. The third-order valence-electron chi connectivity index (χ3n) is 5.55. The summed E-state index contributed by atoms with van der Waals surface area (Å²) in [6, 6.07) is 8.00. The summed E-state index contributed by atoms with van der Waals surface area (Å²) in [6.07, 6.45) is 1.90. The summed E-state index contributed by atoms with van der Waals surface area (Å²) in [6.45, 7) is 10.4. The maximum absolute atomic E-state index is 12.5. The standard InChI is InChI=1S/C22H34ClN5O2.HI/c1-2-24-22(25-9-5-7-19-6-3-4-8-20(19)23)28-12-10-26(11-13-28)18-21(29)27-14-16-30-17-15-27;/h3-4,6,8H,2,5,7,9-18H2,1H3,(H,24,25);1H. The SMILES string of the molecule is CCNC(=NCCCc1ccccc1Cl)N1CCN(CC(=O)N2CCOCC2)CC1.I. The van der Waals surface area contributed by atoms with E-state index >= 15 is 0 Å². The van der Waals surface area contributed by atoms with Gasteiger partial charge < -0.3 is 19.9 Å². The molecule has 2 saturated heterocycles. The van der Waals surface area contributed by atoms with E-state index < -0.39 is 0 Å². The van der Waals surface area contributed by atoms with Gasteiger partial charge in [-0.2, -0.15) is 0 Å². The third kappa shape index (κ3) is 8.40. The number of nitrogens with one attached hydrogen (secondary N) is 1. The van der Waals surface area contributed by atoms with Gasteiger partial charge in [0.25, 0.3) is 0 Å². The molecule has 3 rings (SSSR count). The van der Waals surface area contributed by atoms with E-state index in [1.807, 2.05) is 23.1 Å². The van der Waals surface area contributed by atoms with Gasteiger partial charge in [-0.15, -0.1) is 24.0 Å². The zero-order valence-electron chi connectivity index (χ0n) is 18.4. The van der Waals surface area contributed by atoms with Crippen molar-refractivity contribution >= 4 is 47.4 Å². The second-order valence-corrected chi connectivity index (χ2v) is 8.09. The highest BCUT2D eigenvalue weighted by molar-refractivity contribution is 14.0. The molecule has 0 saturated carbocycles. The van der Waals surface area contributed by atoms with Crippen molar-refractivity contribution in [2.24, 2.45) is 4.99 Å². The van der Waals surface area contributed by atoms with Gasteiger partial charge in [-0.1, -0.05) is 29.8 Å². The molecule has 0 bridgehead atoms. The number of aliphatic imine (C=N–C) groups is 1. The number of hydrogen-bond acceptors (Lipinski definition) is 4. The number of halogens is 2. The summed E-state index contributed by atoms with van der Waals surface area (Å²) in [5.74, 6) is 1.18. The number of benzene rings is 1. The molecule has 0 radical (unpaired) electrons. The minimum atomic E-state index is 0. The fourth-order valence-corrected chi connectivity index (χ4v) is 4.03. The summed E-state index contributed by atoms with van der Waals surface area (Å²) >= 11 is 6.24. The second-order valence-electron chi connectivity index (χ2n) is 7.69. The van der Waals surface area contributed by atoms with Crippen LogP contribution in [-0.4, -0.2) is 98.7 Å². The van der Waals surface area contributed by atoms with Crippen LogP contribution < -0.4 is 5.32 Å². The minimum Gasteiger partial charge on any atom is -0.378 e. The van der Waals surface area contributed by atoms with Gasteiger partial charge in [0, 0.05) is 57.4 Å². The van der Waals surface area contributed by atoms with Crippen LogP contribution >= 0.6 is 35.6 Å². The Morgan fingerprint density at radius 1 is 1.10 bits per heavy atom. The Kier molecular flexibility index (Phi) is 11.9. The largest absolute Gasteiger partial charge is 0.378 e. The number of aryl methyl sites for hydroxylation is 1. The fourth-order valence-electron chi connectivity index (χ4n) is 3.80. The van der Waals surface area contributed by atoms with Crippen molar-refractivity contribution in [3.05, 3.63) is 34.9 Å². The van der Waals surface area contributed by atoms with Gasteiger partial charge in [-0.05, 0) is 31.4 Å². The monoisotopic (exact) mass is 563 g/mol. The Morgan fingerprint density at radius 2 is 1.81 bits per heavy atom. The normalized spacial score (nSPS) is 17.9. The summed E-state index contributed by atoms with van der Waals surface area (Å²) in [5, 5.41) is 4.24. The van der Waals surface area contributed by atoms with Crippen molar-refractivity contribution in [2.75, 3.05) is 72.1 Å². The molecule has 0 aliphatic carbocycles. The van der Waals surface area contributed by atoms with E-state index in [1.165, 1.54) is 5.56 Å². The van der Waals surface area contributed by atoms with Gasteiger partial charge in [0.1, 0.15) is 0 Å². The zero-order chi connectivity index (χ0) is 21.2. The first-order valence-electron chi connectivity index (χ1n) is 11.0. The summed E-state index contributed by atoms with van der Waals surface area (Å²) in [5.41, 5.74) is 1.18. The molecule has 0 atom stereocenters. The molecule has 1 aromatic carbocycles. The number of morpholine rings is 1. The fraction of sp³-hybridized carbons (Fsp3) is 0.636. The van der Waals surface area contributed by atoms with Gasteiger partial charge in [0.2, 0.25) is 5.91 Å². The Hall–Kier alpha value is -1.10. The van der Waals surface area contributed by atoms with Crippen LogP contribution in [0.1, 0.15) is 18.9 Å². The van der Waals surface area contributed by atoms with E-state index in [-0.39, 0.29) is 29.9 Å². The van der Waals surface area contributed by atoms with Crippen LogP contribution in [0.3, 0.4) is 0 Å². The minimum absolute atomic E-state index is 0. The first-order valence-corrected chi connectivity index (χ1v) is 11.4. The lowest BCUT2D eigenvalue weighted by atomic mass is 10.1. The van der Waals surface area contributed by atoms with E-state index in [2.05, 4.69) is 28.1 Å². The predicted molar refractivity (Wildman–Crippen MR) is 137 cm³/mol. The Morgan fingerprint density at radius 3 is 2.48 bits per heavy atom. The number of piperazine rings is 1. The van der Waals surface area contributed by atoms with E-state index in [1.54, 1.807) is 0 Å². The molecule has 2 aliphatic rings. The van der Waals surface area contributed by atoms with E-state index in [0.717, 1.165) is 63.1 Å². The molecule has 2 heterocycles. The molecule has 174 valence electrons. The van der Waals surface area contributed by atoms with Crippen LogP contribution in [-0.2, 0) is 16.0 Å². The number of ether oxygens (including phenoxy) is 1. The number of nitrogens with zero attached hydrogens (tertiary/aromatic N) is 4. The molecule has 0 aromatic heterocycles. The van der Waals surface area contributed by atoms with Crippen LogP contribution in [0.5, 0.6) is 0 Å². The zero-order valence-corrected chi connectivity index (χ0v) is 21.5. The number of hydrogen-bond donors (Lipinski definition) is 1. The van der Waals surface area contributed by atoms with Crippen LogP contribution in [0.4, 0.5) is 0 Å². The van der Waals surface area contributed by atoms with Gasteiger partial charge in [0.05, 0.1) is 19.8 Å². The predicted octanol–water partition coefficient (Wildman–Crippen LogP) is 2.33. The van der Waals surface area contributed by atoms with E-state index in [0.29, 0.717) is 32.8 Å². The van der Waals surface area contributed by atoms with Gasteiger partial charge >= 0.3 is 0 Å². The first-order chi connectivity index (χ1) is 14.7. The van der Waals surface area contributed by atoms with Gasteiger partial charge in [0.15, 0.2) is 5.96 Å². The number of carbonyl (C=O) groups is 1. The average Bonchev–Trinajstić information content (AvgIpc) is 2.78. The molecule has 2 fully saturated rings. The topological polar surface area (TPSA) is 60.4 Å². The van der Waals surface area contributed by atoms with Crippen molar-refractivity contribution in [3.8, 4) is 0 Å². The molecule has 2 aliphatic heterocycles. The lowest BCUT2D eigenvalue weighted by molar-refractivity contribution is -0.136. The van der Waals surface area contributed by atoms with Crippen molar-refractivity contribution in [3.63, 3.8) is 0 Å². The lowest BCUT2D eigenvalue weighted by Gasteiger charge is -2.37. The Bertz CT molecular complexity index is 707. The lowest BCUT2D eigenvalue weighted by Crippen LogP contribution is -2.54. The molecule has 1 aromatic rings. The van der Waals surface area contributed by atoms with Gasteiger partial charge in [-0.3, -0.25) is 14.7 Å². The Labute approximate surface area is 208 Å². The maximum atomic E-state index is 12.5. The highest BCUT2D eigenvalue weighted by Crippen LogP contribution is 2.16. The highest BCUT2D eigenvalue weighted by atomic mass is 127. The van der Waals surface area contributed by atoms with Crippen molar-refractivity contribution in [1.82, 2.24) is 20.0 Å². The average molecular weight is 564 g/mol. The maximum Gasteiger partial charge on any atom is 0.236 e. The van der Waals surface area contributed by atoms with Crippen LogP contribution in [0.2, 0.25) is 5.02 Å². The van der Waals surface area contributed by atoms with Crippen LogP contribution in [0.15, 0.2) is 29.3 Å². The quantitative estimate of drug-likeness (QED) is 0.239. The smallest absolute Gasteiger partial charge is 0.236 e. The number of rotatable bonds is 7. The van der Waals surface area contributed by atoms with Crippen molar-refractivity contribution < 1.29 is 9.53 Å². The third-order valence-corrected chi connectivity index (χ3v) is 5.92. The molecule has 31 heavy (non-hydrogen) atoms. The summed E-state index contributed by atoms with van der Waals surface area (Å²) in [7, 11) is 0. The van der Waals surface area contributed by atoms with E-state index in [9.17, 15) is 4.79 Å². The summed E-state index contributed by atoms with van der Waals surface area (Å²) in [4.78, 5) is 23.8. The number of guanidine groups is 1. The van der Waals surface area contributed by atoms with Crippen molar-refractivity contribution in [2.45, 2.75) is 19.8 Å². The highest BCUT2D eigenvalue weighted by Gasteiger charge is 2.24. The van der Waals surface area contributed by atoms with E-state index in [4.69, 9.17) is 21.3 Å². The summed E-state index contributed by atoms with van der Waals surface area (Å²) < 4.78 is 5.33. The molecule has 9 heteroatoms. The molecule has 7 nitrogen and oxygen atoms in total. The second kappa shape index (κ2) is 14.1. The number of carbonyl (C=O) groups excluding carboxylic acids is 1. The first kappa shape index (κ1) is 26.2.